The number of carboxylic acid groups (broad SMARTS) is 1. The molecule has 0 aromatic heterocycles. The molecular weight excluding hydrogens is 218 g/mol. The van der Waals surface area contributed by atoms with E-state index in [-0.39, 0.29) is 12.5 Å². The first-order valence-corrected chi connectivity index (χ1v) is 5.88. The van der Waals surface area contributed by atoms with Crippen LogP contribution in [-0.4, -0.2) is 22.2 Å². The summed E-state index contributed by atoms with van der Waals surface area (Å²) in [5.41, 5.74) is 8.76. The van der Waals surface area contributed by atoms with E-state index in [0.29, 0.717) is 25.0 Å². The van der Waals surface area contributed by atoms with Gasteiger partial charge in [-0.1, -0.05) is 12.1 Å². The lowest BCUT2D eigenvalue weighted by molar-refractivity contribution is -0.137. The Labute approximate surface area is 100 Å². The van der Waals surface area contributed by atoms with E-state index < -0.39 is 5.97 Å². The van der Waals surface area contributed by atoms with Crippen molar-refractivity contribution >= 4 is 5.97 Å². The second kappa shape index (κ2) is 4.75. The molecule has 0 radical (unpaired) electrons. The summed E-state index contributed by atoms with van der Waals surface area (Å²) in [4.78, 5) is 10.4. The van der Waals surface area contributed by atoms with Crippen molar-refractivity contribution in [2.45, 2.75) is 38.1 Å². The van der Waals surface area contributed by atoms with Crippen LogP contribution in [0.1, 0.15) is 29.5 Å². The van der Waals surface area contributed by atoms with Gasteiger partial charge in [0, 0.05) is 12.5 Å². The molecule has 0 saturated carbocycles. The van der Waals surface area contributed by atoms with Crippen molar-refractivity contribution < 1.29 is 15.0 Å². The van der Waals surface area contributed by atoms with Crippen LogP contribution in [0.2, 0.25) is 0 Å². The van der Waals surface area contributed by atoms with Gasteiger partial charge < -0.3 is 15.9 Å². The van der Waals surface area contributed by atoms with E-state index in [0.717, 1.165) is 23.1 Å². The molecule has 1 aliphatic carbocycles. The van der Waals surface area contributed by atoms with Crippen LogP contribution < -0.4 is 5.73 Å². The lowest BCUT2D eigenvalue weighted by Gasteiger charge is -2.08. The number of benzene rings is 1. The molecule has 0 fully saturated rings. The molecule has 0 heterocycles. The third-order valence-electron chi connectivity index (χ3n) is 3.25. The molecule has 0 spiro atoms. The average Bonchev–Trinajstić information content (AvgIpc) is 2.63. The minimum Gasteiger partial charge on any atom is -0.507 e. The summed E-state index contributed by atoms with van der Waals surface area (Å²) in [6, 6.07) is 3.98. The zero-order valence-corrected chi connectivity index (χ0v) is 9.65. The number of fused-ring (bicyclic) bond motifs is 1. The van der Waals surface area contributed by atoms with Crippen LogP contribution >= 0.6 is 0 Å². The fourth-order valence-electron chi connectivity index (χ4n) is 2.39. The Hall–Kier alpha value is -1.55. The summed E-state index contributed by atoms with van der Waals surface area (Å²) in [6.07, 6.45) is 2.82. The summed E-state index contributed by atoms with van der Waals surface area (Å²) in [5, 5.41) is 18.7. The summed E-state index contributed by atoms with van der Waals surface area (Å²) >= 11 is 0. The maximum Gasteiger partial charge on any atom is 0.303 e. The predicted molar refractivity (Wildman–Crippen MR) is 64.1 cm³/mol. The minimum atomic E-state index is -0.798. The highest BCUT2D eigenvalue weighted by atomic mass is 16.4. The first-order valence-electron chi connectivity index (χ1n) is 5.88. The van der Waals surface area contributed by atoms with Crippen molar-refractivity contribution in [1.82, 2.24) is 0 Å². The summed E-state index contributed by atoms with van der Waals surface area (Å²) in [6.45, 7) is 0. The Morgan fingerprint density at radius 1 is 1.41 bits per heavy atom. The molecule has 4 nitrogen and oxygen atoms in total. The number of aliphatic carboxylic acids is 1. The van der Waals surface area contributed by atoms with Crippen molar-refractivity contribution in [3.63, 3.8) is 0 Å². The van der Waals surface area contributed by atoms with E-state index in [4.69, 9.17) is 10.8 Å². The number of nitrogens with two attached hydrogens (primary N) is 1. The molecule has 0 bridgehead atoms. The lowest BCUT2D eigenvalue weighted by atomic mass is 10.0. The molecule has 1 unspecified atom stereocenters. The van der Waals surface area contributed by atoms with Crippen LogP contribution in [0.15, 0.2) is 12.1 Å². The SMILES string of the molecule is NC1Cc2ccc(CCCC(=O)O)c(O)c2C1. The number of aromatic hydroxyl groups is 1. The number of carboxylic acids is 1. The molecule has 1 aliphatic rings. The van der Waals surface area contributed by atoms with Gasteiger partial charge in [-0.05, 0) is 42.4 Å². The van der Waals surface area contributed by atoms with Crippen LogP contribution in [-0.2, 0) is 24.1 Å². The van der Waals surface area contributed by atoms with Crippen molar-refractivity contribution in [1.29, 1.82) is 0 Å². The van der Waals surface area contributed by atoms with Gasteiger partial charge in [0.1, 0.15) is 5.75 Å². The highest BCUT2D eigenvalue weighted by molar-refractivity contribution is 5.66. The first kappa shape index (κ1) is 11.9. The average molecular weight is 235 g/mol. The van der Waals surface area contributed by atoms with Crippen molar-refractivity contribution in [2.24, 2.45) is 5.73 Å². The van der Waals surface area contributed by atoms with Gasteiger partial charge in [-0.2, -0.15) is 0 Å². The van der Waals surface area contributed by atoms with Gasteiger partial charge in [0.25, 0.3) is 0 Å². The number of aryl methyl sites for hydroxylation is 1. The van der Waals surface area contributed by atoms with Crippen LogP contribution in [0.4, 0.5) is 0 Å². The molecule has 2 rings (SSSR count). The maximum absolute atomic E-state index is 10.4. The van der Waals surface area contributed by atoms with Crippen molar-refractivity contribution in [3.8, 4) is 5.75 Å². The maximum atomic E-state index is 10.4. The van der Waals surface area contributed by atoms with Crippen LogP contribution in [0.3, 0.4) is 0 Å². The Kier molecular flexibility index (Phi) is 3.33. The monoisotopic (exact) mass is 235 g/mol. The highest BCUT2D eigenvalue weighted by Gasteiger charge is 2.22. The number of phenols is 1. The molecule has 1 atom stereocenters. The van der Waals surface area contributed by atoms with Crippen molar-refractivity contribution in [3.05, 3.63) is 28.8 Å². The fourth-order valence-corrected chi connectivity index (χ4v) is 2.39. The predicted octanol–water partition coefficient (Wildman–Crippen LogP) is 1.23. The van der Waals surface area contributed by atoms with E-state index in [2.05, 4.69) is 0 Å². The molecule has 17 heavy (non-hydrogen) atoms. The molecule has 1 aromatic rings. The Morgan fingerprint density at radius 2 is 2.18 bits per heavy atom. The molecule has 92 valence electrons. The van der Waals surface area contributed by atoms with Gasteiger partial charge in [-0.15, -0.1) is 0 Å². The van der Waals surface area contributed by atoms with Gasteiger partial charge in [0.05, 0.1) is 0 Å². The fraction of sp³-hybridized carbons (Fsp3) is 0.462. The lowest BCUT2D eigenvalue weighted by Crippen LogP contribution is -2.19. The van der Waals surface area contributed by atoms with Crippen LogP contribution in [0.5, 0.6) is 5.75 Å². The molecule has 4 N–H and O–H groups in total. The number of rotatable bonds is 4. The normalized spacial score (nSPS) is 18.1. The number of phenolic OH excluding ortho intramolecular Hbond substituents is 1. The third kappa shape index (κ3) is 2.58. The van der Waals surface area contributed by atoms with E-state index in [1.165, 1.54) is 0 Å². The Bertz CT molecular complexity index is 443. The van der Waals surface area contributed by atoms with Gasteiger partial charge in [0.2, 0.25) is 0 Å². The van der Waals surface area contributed by atoms with E-state index >= 15 is 0 Å². The largest absolute Gasteiger partial charge is 0.507 e. The van der Waals surface area contributed by atoms with Crippen LogP contribution in [0, 0.1) is 0 Å². The molecule has 0 aliphatic heterocycles. The standard InChI is InChI=1S/C13H17NO3/c14-10-6-9-5-4-8(2-1-3-12(15)16)13(17)11(9)7-10/h4-5,10,17H,1-3,6-7,14H2,(H,15,16). The van der Waals surface area contributed by atoms with Gasteiger partial charge in [-0.25, -0.2) is 0 Å². The number of carbonyl (C=O) groups is 1. The summed E-state index contributed by atoms with van der Waals surface area (Å²) < 4.78 is 0. The molecule has 4 heteroatoms. The van der Waals surface area contributed by atoms with Crippen molar-refractivity contribution in [2.75, 3.05) is 0 Å². The van der Waals surface area contributed by atoms with E-state index in [1.54, 1.807) is 0 Å². The zero-order valence-electron chi connectivity index (χ0n) is 9.65. The van der Waals surface area contributed by atoms with E-state index in [9.17, 15) is 9.90 Å². The molecule has 0 saturated heterocycles. The second-order valence-electron chi connectivity index (χ2n) is 4.63. The molecule has 0 amide bonds. The number of hydrogen-bond acceptors (Lipinski definition) is 3. The minimum absolute atomic E-state index is 0.102. The van der Waals surface area contributed by atoms with Crippen LogP contribution in [0.25, 0.3) is 0 Å². The van der Waals surface area contributed by atoms with Gasteiger partial charge in [-0.3, -0.25) is 4.79 Å². The summed E-state index contributed by atoms with van der Waals surface area (Å²) in [5.74, 6) is -0.478. The molecule has 1 aromatic carbocycles. The van der Waals surface area contributed by atoms with Gasteiger partial charge in [0.15, 0.2) is 0 Å². The van der Waals surface area contributed by atoms with E-state index in [1.807, 2.05) is 12.1 Å². The highest BCUT2D eigenvalue weighted by Crippen LogP contribution is 2.33. The smallest absolute Gasteiger partial charge is 0.303 e. The summed E-state index contributed by atoms with van der Waals surface area (Å²) in [7, 11) is 0. The topological polar surface area (TPSA) is 83.6 Å². The Balaban J connectivity index is 2.10. The second-order valence-corrected chi connectivity index (χ2v) is 4.63. The van der Waals surface area contributed by atoms with Gasteiger partial charge >= 0.3 is 5.97 Å². The number of hydrogen-bond donors (Lipinski definition) is 3. The molecular formula is C13H17NO3. The quantitative estimate of drug-likeness (QED) is 0.732. The first-order chi connectivity index (χ1) is 8.08. The third-order valence-corrected chi connectivity index (χ3v) is 3.25. The zero-order chi connectivity index (χ0) is 12.4. The Morgan fingerprint density at radius 3 is 2.88 bits per heavy atom.